The summed E-state index contributed by atoms with van der Waals surface area (Å²) in [4.78, 5) is 11.0. The van der Waals surface area contributed by atoms with E-state index in [0.29, 0.717) is 18.3 Å². The Morgan fingerprint density at radius 2 is 2.07 bits per heavy atom. The Morgan fingerprint density at radius 3 is 2.57 bits per heavy atom. The molecule has 0 unspecified atom stereocenters. The fraction of sp³-hybridized carbons (Fsp3) is 0.917. The zero-order valence-corrected chi connectivity index (χ0v) is 9.38. The standard InChI is InChI=1S/C12H20O2/c1-8(2)10-5-4-9(3)6-12(10)7-11(13)14-12/h8-10H,4-7H2,1-3H3/t9-,10+,12+/m1/s1. The molecule has 1 heterocycles. The van der Waals surface area contributed by atoms with Crippen molar-refractivity contribution in [1.82, 2.24) is 0 Å². The molecule has 2 heteroatoms. The van der Waals surface area contributed by atoms with E-state index in [-0.39, 0.29) is 11.6 Å². The maximum Gasteiger partial charge on any atom is 0.310 e. The minimum Gasteiger partial charge on any atom is -0.458 e. The quantitative estimate of drug-likeness (QED) is 0.603. The van der Waals surface area contributed by atoms with Crippen molar-refractivity contribution >= 4 is 5.97 Å². The normalized spacial score (nSPS) is 42.4. The number of carbonyl (C=O) groups is 1. The molecule has 2 rings (SSSR count). The third-order valence-electron chi connectivity index (χ3n) is 3.91. The molecule has 2 fully saturated rings. The van der Waals surface area contributed by atoms with E-state index in [4.69, 9.17) is 4.74 Å². The summed E-state index contributed by atoms with van der Waals surface area (Å²) in [5.41, 5.74) is -0.0666. The number of esters is 1. The fourth-order valence-electron chi connectivity index (χ4n) is 3.29. The summed E-state index contributed by atoms with van der Waals surface area (Å²) in [6.07, 6.45) is 4.27. The molecule has 0 aromatic carbocycles. The van der Waals surface area contributed by atoms with Gasteiger partial charge in [0.2, 0.25) is 0 Å². The van der Waals surface area contributed by atoms with Gasteiger partial charge in [0.25, 0.3) is 0 Å². The summed E-state index contributed by atoms with van der Waals surface area (Å²) in [6, 6.07) is 0. The molecule has 3 atom stereocenters. The van der Waals surface area contributed by atoms with Gasteiger partial charge < -0.3 is 4.74 Å². The van der Waals surface area contributed by atoms with Crippen LogP contribution in [-0.4, -0.2) is 11.6 Å². The summed E-state index contributed by atoms with van der Waals surface area (Å²) < 4.78 is 5.47. The second kappa shape index (κ2) is 3.25. The fourth-order valence-corrected chi connectivity index (χ4v) is 3.29. The van der Waals surface area contributed by atoms with Crippen LogP contribution < -0.4 is 0 Å². The second-order valence-corrected chi connectivity index (χ2v) is 5.45. The van der Waals surface area contributed by atoms with Crippen molar-refractivity contribution in [2.75, 3.05) is 0 Å². The maximum atomic E-state index is 11.0. The van der Waals surface area contributed by atoms with Crippen molar-refractivity contribution < 1.29 is 9.53 Å². The van der Waals surface area contributed by atoms with E-state index in [9.17, 15) is 4.79 Å². The van der Waals surface area contributed by atoms with Crippen LogP contribution in [-0.2, 0) is 9.53 Å². The van der Waals surface area contributed by atoms with Gasteiger partial charge in [-0.05, 0) is 24.7 Å². The summed E-state index contributed by atoms with van der Waals surface area (Å²) in [7, 11) is 0. The van der Waals surface area contributed by atoms with E-state index in [1.54, 1.807) is 0 Å². The first kappa shape index (κ1) is 10.0. The third kappa shape index (κ3) is 1.45. The lowest BCUT2D eigenvalue weighted by molar-refractivity contribution is -0.217. The molecule has 0 amide bonds. The number of hydrogen-bond donors (Lipinski definition) is 0. The van der Waals surface area contributed by atoms with Crippen LogP contribution in [0.2, 0.25) is 0 Å². The summed E-state index contributed by atoms with van der Waals surface area (Å²) in [5.74, 6) is 1.95. The van der Waals surface area contributed by atoms with Crippen LogP contribution in [0.1, 0.15) is 46.5 Å². The van der Waals surface area contributed by atoms with Gasteiger partial charge in [-0.15, -0.1) is 0 Å². The van der Waals surface area contributed by atoms with E-state index < -0.39 is 0 Å². The number of ether oxygens (including phenoxy) is 1. The molecule has 1 aliphatic carbocycles. The molecule has 1 spiro atoms. The minimum atomic E-state index is -0.0666. The van der Waals surface area contributed by atoms with Crippen molar-refractivity contribution in [2.45, 2.75) is 52.1 Å². The topological polar surface area (TPSA) is 26.3 Å². The lowest BCUT2D eigenvalue weighted by atomic mass is 9.64. The summed E-state index contributed by atoms with van der Waals surface area (Å²) in [6.45, 7) is 6.76. The number of rotatable bonds is 1. The van der Waals surface area contributed by atoms with E-state index in [1.807, 2.05) is 0 Å². The Morgan fingerprint density at radius 1 is 1.43 bits per heavy atom. The Balaban J connectivity index is 2.12. The van der Waals surface area contributed by atoms with Crippen LogP contribution in [0.4, 0.5) is 0 Å². The molecule has 0 N–H and O–H groups in total. The van der Waals surface area contributed by atoms with Gasteiger partial charge in [0.1, 0.15) is 5.60 Å². The molecule has 0 bridgehead atoms. The minimum absolute atomic E-state index is 0.00440. The van der Waals surface area contributed by atoms with Crippen LogP contribution in [0, 0.1) is 17.8 Å². The predicted octanol–water partition coefficient (Wildman–Crippen LogP) is 2.76. The number of hydrogen-bond acceptors (Lipinski definition) is 2. The molecule has 0 aromatic heterocycles. The van der Waals surface area contributed by atoms with Crippen LogP contribution in [0.15, 0.2) is 0 Å². The van der Waals surface area contributed by atoms with Crippen LogP contribution >= 0.6 is 0 Å². The van der Waals surface area contributed by atoms with Gasteiger partial charge in [-0.3, -0.25) is 4.79 Å². The van der Waals surface area contributed by atoms with E-state index in [2.05, 4.69) is 20.8 Å². The average Bonchev–Trinajstić information content (AvgIpc) is 2.00. The molecule has 0 aromatic rings. The first-order valence-corrected chi connectivity index (χ1v) is 5.75. The summed E-state index contributed by atoms with van der Waals surface area (Å²) in [5, 5.41) is 0. The molecule has 80 valence electrons. The van der Waals surface area contributed by atoms with E-state index in [1.165, 1.54) is 12.8 Å². The monoisotopic (exact) mass is 196 g/mol. The van der Waals surface area contributed by atoms with Gasteiger partial charge >= 0.3 is 5.97 Å². The molecule has 1 aliphatic heterocycles. The lowest BCUT2D eigenvalue weighted by Gasteiger charge is -2.52. The maximum absolute atomic E-state index is 11.0. The van der Waals surface area contributed by atoms with Crippen LogP contribution in [0.25, 0.3) is 0 Å². The Bertz CT molecular complexity index is 237. The molecular weight excluding hydrogens is 176 g/mol. The Kier molecular flexibility index (Phi) is 2.32. The highest BCUT2D eigenvalue weighted by Gasteiger charge is 2.54. The first-order valence-electron chi connectivity index (χ1n) is 5.75. The Labute approximate surface area is 86.0 Å². The molecule has 1 saturated carbocycles. The molecule has 1 saturated heterocycles. The van der Waals surface area contributed by atoms with Gasteiger partial charge in [-0.2, -0.15) is 0 Å². The molecule has 2 aliphatic rings. The van der Waals surface area contributed by atoms with Gasteiger partial charge in [0, 0.05) is 5.92 Å². The molecule has 2 nitrogen and oxygen atoms in total. The zero-order valence-electron chi connectivity index (χ0n) is 9.38. The second-order valence-electron chi connectivity index (χ2n) is 5.45. The highest BCUT2D eigenvalue weighted by Crippen LogP contribution is 2.49. The number of carbonyl (C=O) groups excluding carboxylic acids is 1. The van der Waals surface area contributed by atoms with Crippen molar-refractivity contribution in [3.63, 3.8) is 0 Å². The highest BCUT2D eigenvalue weighted by molar-refractivity contribution is 5.77. The SMILES string of the molecule is CC(C)[C@@H]1CC[C@@H](C)C[C@]12CC(=O)O2. The predicted molar refractivity (Wildman–Crippen MR) is 54.8 cm³/mol. The first-order chi connectivity index (χ1) is 6.53. The van der Waals surface area contributed by atoms with Gasteiger partial charge in [0.05, 0.1) is 6.42 Å². The largest absolute Gasteiger partial charge is 0.458 e. The van der Waals surface area contributed by atoms with E-state index in [0.717, 1.165) is 12.3 Å². The van der Waals surface area contributed by atoms with Crippen molar-refractivity contribution in [3.8, 4) is 0 Å². The average molecular weight is 196 g/mol. The van der Waals surface area contributed by atoms with Crippen molar-refractivity contribution in [3.05, 3.63) is 0 Å². The molecular formula is C12H20O2. The van der Waals surface area contributed by atoms with Crippen molar-refractivity contribution in [1.29, 1.82) is 0 Å². The molecule has 0 radical (unpaired) electrons. The van der Waals surface area contributed by atoms with Crippen LogP contribution in [0.3, 0.4) is 0 Å². The van der Waals surface area contributed by atoms with Gasteiger partial charge in [-0.1, -0.05) is 27.2 Å². The summed E-state index contributed by atoms with van der Waals surface area (Å²) >= 11 is 0. The zero-order chi connectivity index (χ0) is 10.3. The Hall–Kier alpha value is -0.530. The highest BCUT2D eigenvalue weighted by atomic mass is 16.6. The molecule has 14 heavy (non-hydrogen) atoms. The van der Waals surface area contributed by atoms with Crippen LogP contribution in [0.5, 0.6) is 0 Å². The third-order valence-corrected chi connectivity index (χ3v) is 3.91. The van der Waals surface area contributed by atoms with Gasteiger partial charge in [-0.25, -0.2) is 0 Å². The van der Waals surface area contributed by atoms with Crippen molar-refractivity contribution in [2.24, 2.45) is 17.8 Å². The lowest BCUT2D eigenvalue weighted by Crippen LogP contribution is -2.57. The van der Waals surface area contributed by atoms with E-state index >= 15 is 0 Å². The smallest absolute Gasteiger partial charge is 0.310 e. The van der Waals surface area contributed by atoms with Gasteiger partial charge in [0.15, 0.2) is 0 Å².